The minimum absolute atomic E-state index is 0.0828. The van der Waals surface area contributed by atoms with Crippen molar-refractivity contribution >= 4 is 21.4 Å². The van der Waals surface area contributed by atoms with E-state index in [0.717, 1.165) is 0 Å². The second-order valence-corrected chi connectivity index (χ2v) is 6.40. The molecule has 0 aliphatic heterocycles. The first-order valence-corrected chi connectivity index (χ1v) is 7.92. The Bertz CT molecular complexity index is 546. The summed E-state index contributed by atoms with van der Waals surface area (Å²) in [5, 5.41) is 0. The SMILES string of the molecule is CCNS(=O)(=O)c1ccc(N)c(N(C)C(C)COC)c1. The molecule has 0 aliphatic rings. The van der Waals surface area contributed by atoms with Crippen LogP contribution in [0.5, 0.6) is 0 Å². The normalized spacial score (nSPS) is 13.2. The van der Waals surface area contributed by atoms with Crippen molar-refractivity contribution in [3.8, 4) is 0 Å². The zero-order chi connectivity index (χ0) is 15.3. The molecule has 0 heterocycles. The van der Waals surface area contributed by atoms with E-state index in [2.05, 4.69) is 4.72 Å². The van der Waals surface area contributed by atoms with E-state index >= 15 is 0 Å². The molecule has 0 aromatic heterocycles. The highest BCUT2D eigenvalue weighted by Gasteiger charge is 2.18. The monoisotopic (exact) mass is 301 g/mol. The van der Waals surface area contributed by atoms with Gasteiger partial charge in [0.05, 0.1) is 22.9 Å². The summed E-state index contributed by atoms with van der Waals surface area (Å²) >= 11 is 0. The summed E-state index contributed by atoms with van der Waals surface area (Å²) in [5.74, 6) is 0. The van der Waals surface area contributed by atoms with E-state index in [4.69, 9.17) is 10.5 Å². The first-order valence-electron chi connectivity index (χ1n) is 6.44. The van der Waals surface area contributed by atoms with Gasteiger partial charge in [0, 0.05) is 26.7 Å². The molecular weight excluding hydrogens is 278 g/mol. The lowest BCUT2D eigenvalue weighted by Crippen LogP contribution is -2.33. The summed E-state index contributed by atoms with van der Waals surface area (Å²) in [6.07, 6.45) is 0. The van der Waals surface area contributed by atoms with Gasteiger partial charge >= 0.3 is 0 Å². The Balaban J connectivity index is 3.15. The van der Waals surface area contributed by atoms with Crippen molar-refractivity contribution < 1.29 is 13.2 Å². The van der Waals surface area contributed by atoms with Crippen molar-refractivity contribution in [2.24, 2.45) is 0 Å². The summed E-state index contributed by atoms with van der Waals surface area (Å²) in [6, 6.07) is 4.78. The molecule has 0 spiro atoms. The third kappa shape index (κ3) is 3.84. The summed E-state index contributed by atoms with van der Waals surface area (Å²) in [7, 11) is 0.000315. The predicted octanol–water partition coefficient (Wildman–Crippen LogP) is 1.04. The minimum Gasteiger partial charge on any atom is -0.397 e. The number of nitrogens with zero attached hydrogens (tertiary/aromatic N) is 1. The van der Waals surface area contributed by atoms with Crippen molar-refractivity contribution in [1.29, 1.82) is 0 Å². The lowest BCUT2D eigenvalue weighted by molar-refractivity contribution is 0.183. The fourth-order valence-electron chi connectivity index (χ4n) is 1.86. The van der Waals surface area contributed by atoms with Crippen LogP contribution in [-0.2, 0) is 14.8 Å². The molecule has 1 unspecified atom stereocenters. The standard InChI is InChI=1S/C13H23N3O3S/c1-5-15-20(17,18)11-6-7-12(14)13(8-11)16(3)10(2)9-19-4/h6-8,10,15H,5,9,14H2,1-4H3. The van der Waals surface area contributed by atoms with Gasteiger partial charge in [-0.1, -0.05) is 6.92 Å². The first-order chi connectivity index (χ1) is 9.33. The third-order valence-corrected chi connectivity index (χ3v) is 4.64. The summed E-state index contributed by atoms with van der Waals surface area (Å²) in [6.45, 7) is 4.59. The maximum atomic E-state index is 12.0. The molecule has 1 rings (SSSR count). The number of sulfonamides is 1. The van der Waals surface area contributed by atoms with Crippen molar-refractivity contribution in [2.75, 3.05) is 37.9 Å². The number of hydrogen-bond acceptors (Lipinski definition) is 5. The van der Waals surface area contributed by atoms with E-state index in [-0.39, 0.29) is 10.9 Å². The number of anilines is 2. The molecule has 0 saturated carbocycles. The number of benzene rings is 1. The molecule has 1 atom stereocenters. The quantitative estimate of drug-likeness (QED) is 0.735. The number of likely N-dealkylation sites (N-methyl/N-ethyl adjacent to an activating group) is 1. The fraction of sp³-hybridized carbons (Fsp3) is 0.538. The van der Waals surface area contributed by atoms with Crippen molar-refractivity contribution in [1.82, 2.24) is 4.72 Å². The highest BCUT2D eigenvalue weighted by molar-refractivity contribution is 7.89. The molecule has 0 radical (unpaired) electrons. The van der Waals surface area contributed by atoms with Crippen LogP contribution >= 0.6 is 0 Å². The van der Waals surface area contributed by atoms with Gasteiger partial charge in [-0.3, -0.25) is 0 Å². The van der Waals surface area contributed by atoms with Gasteiger partial charge in [-0.15, -0.1) is 0 Å². The second kappa shape index (κ2) is 6.92. The maximum absolute atomic E-state index is 12.0. The van der Waals surface area contributed by atoms with Crippen LogP contribution in [0.25, 0.3) is 0 Å². The van der Waals surface area contributed by atoms with Crippen LogP contribution in [0.15, 0.2) is 23.1 Å². The molecule has 1 aromatic rings. The molecule has 0 bridgehead atoms. The number of nitrogen functional groups attached to an aromatic ring is 1. The Kier molecular flexibility index (Phi) is 5.79. The van der Waals surface area contributed by atoms with Crippen LogP contribution in [0.1, 0.15) is 13.8 Å². The van der Waals surface area contributed by atoms with Crippen molar-refractivity contribution in [3.05, 3.63) is 18.2 Å². The van der Waals surface area contributed by atoms with E-state index in [9.17, 15) is 8.42 Å². The largest absolute Gasteiger partial charge is 0.397 e. The average Bonchev–Trinajstić information content (AvgIpc) is 2.38. The summed E-state index contributed by atoms with van der Waals surface area (Å²) in [5.41, 5.74) is 7.15. The van der Waals surface area contributed by atoms with Gasteiger partial charge in [-0.25, -0.2) is 13.1 Å². The fourth-order valence-corrected chi connectivity index (χ4v) is 2.92. The molecule has 0 fully saturated rings. The second-order valence-electron chi connectivity index (χ2n) is 4.64. The molecule has 114 valence electrons. The Morgan fingerprint density at radius 2 is 2.10 bits per heavy atom. The van der Waals surface area contributed by atoms with Crippen LogP contribution in [0, 0.1) is 0 Å². The molecule has 7 heteroatoms. The Labute approximate surface area is 121 Å². The number of methoxy groups -OCH3 is 1. The average molecular weight is 301 g/mol. The topological polar surface area (TPSA) is 84.7 Å². The highest BCUT2D eigenvalue weighted by Crippen LogP contribution is 2.27. The van der Waals surface area contributed by atoms with E-state index in [1.807, 2.05) is 18.9 Å². The molecule has 3 N–H and O–H groups in total. The smallest absolute Gasteiger partial charge is 0.240 e. The molecule has 0 saturated heterocycles. The number of rotatable bonds is 7. The van der Waals surface area contributed by atoms with Gasteiger partial charge in [-0.05, 0) is 25.1 Å². The maximum Gasteiger partial charge on any atom is 0.240 e. The van der Waals surface area contributed by atoms with E-state index in [1.165, 1.54) is 6.07 Å². The van der Waals surface area contributed by atoms with Gasteiger partial charge < -0.3 is 15.4 Å². The van der Waals surface area contributed by atoms with Crippen LogP contribution in [0.3, 0.4) is 0 Å². The lowest BCUT2D eigenvalue weighted by Gasteiger charge is -2.28. The van der Waals surface area contributed by atoms with Crippen LogP contribution < -0.4 is 15.4 Å². The zero-order valence-corrected chi connectivity index (χ0v) is 13.2. The molecule has 1 aromatic carbocycles. The number of hydrogen-bond donors (Lipinski definition) is 2. The lowest BCUT2D eigenvalue weighted by atomic mass is 10.2. The Hall–Kier alpha value is -1.31. The van der Waals surface area contributed by atoms with Crippen molar-refractivity contribution in [3.63, 3.8) is 0 Å². The van der Waals surface area contributed by atoms with Crippen LogP contribution in [0.4, 0.5) is 11.4 Å². The molecule has 0 amide bonds. The van der Waals surface area contributed by atoms with Crippen LogP contribution in [-0.4, -0.2) is 41.8 Å². The van der Waals surface area contributed by atoms with Gasteiger partial charge in [0.25, 0.3) is 0 Å². The predicted molar refractivity (Wildman–Crippen MR) is 81.5 cm³/mol. The first kappa shape index (κ1) is 16.7. The molecule has 20 heavy (non-hydrogen) atoms. The highest BCUT2D eigenvalue weighted by atomic mass is 32.2. The van der Waals surface area contributed by atoms with E-state index in [0.29, 0.717) is 24.5 Å². The number of nitrogens with one attached hydrogen (secondary N) is 1. The summed E-state index contributed by atoms with van der Waals surface area (Å²) < 4.78 is 31.6. The van der Waals surface area contributed by atoms with Gasteiger partial charge in [0.1, 0.15) is 0 Å². The van der Waals surface area contributed by atoms with Crippen molar-refractivity contribution in [2.45, 2.75) is 24.8 Å². The summed E-state index contributed by atoms with van der Waals surface area (Å²) in [4.78, 5) is 2.11. The minimum atomic E-state index is -3.48. The van der Waals surface area contributed by atoms with Gasteiger partial charge in [0.15, 0.2) is 0 Å². The molecule has 6 nitrogen and oxygen atoms in total. The van der Waals surface area contributed by atoms with E-state index in [1.54, 1.807) is 26.2 Å². The van der Waals surface area contributed by atoms with Gasteiger partial charge in [0.2, 0.25) is 10.0 Å². The number of nitrogens with two attached hydrogens (primary N) is 1. The third-order valence-electron chi connectivity index (χ3n) is 3.10. The zero-order valence-electron chi connectivity index (χ0n) is 12.4. The van der Waals surface area contributed by atoms with E-state index < -0.39 is 10.0 Å². The Morgan fingerprint density at radius 3 is 2.65 bits per heavy atom. The van der Waals surface area contributed by atoms with Crippen LogP contribution in [0.2, 0.25) is 0 Å². The number of ether oxygens (including phenoxy) is 1. The molecular formula is C13H23N3O3S. The van der Waals surface area contributed by atoms with Gasteiger partial charge in [-0.2, -0.15) is 0 Å². The molecule has 0 aliphatic carbocycles. The Morgan fingerprint density at radius 1 is 1.45 bits per heavy atom.